The number of ether oxygens (including phenoxy) is 2. The van der Waals surface area contributed by atoms with Crippen molar-refractivity contribution in [3.05, 3.63) is 12.8 Å². The Bertz CT molecular complexity index is 238. The Kier molecular flexibility index (Phi) is 2.05. The minimum absolute atomic E-state index is 0.303. The van der Waals surface area contributed by atoms with Gasteiger partial charge in [0.15, 0.2) is 0 Å². The molecule has 0 N–H and O–H groups in total. The zero-order valence-corrected chi connectivity index (χ0v) is 8.52. The number of rotatable bonds is 2. The van der Waals surface area contributed by atoms with Crippen LogP contribution in [0.3, 0.4) is 0 Å². The summed E-state index contributed by atoms with van der Waals surface area (Å²) in [6.07, 6.45) is 9.37. The zero-order chi connectivity index (χ0) is 9.54. The quantitative estimate of drug-likeness (QED) is 0.629. The Hall–Kier alpha value is -0.500. The van der Waals surface area contributed by atoms with Crippen molar-refractivity contribution in [3.63, 3.8) is 0 Å². The monoisotopic (exact) mass is 194 g/mol. The van der Waals surface area contributed by atoms with Gasteiger partial charge in [-0.25, -0.2) is 0 Å². The molecule has 3 rings (SSSR count). The fraction of sp³-hybridized carbons (Fsp3) is 0.833. The average Bonchev–Trinajstić information content (AvgIpc) is 2.77. The van der Waals surface area contributed by atoms with E-state index in [4.69, 9.17) is 9.47 Å². The second kappa shape index (κ2) is 3.27. The van der Waals surface area contributed by atoms with Crippen LogP contribution in [0.5, 0.6) is 0 Å². The number of hydrogen-bond acceptors (Lipinski definition) is 2. The second-order valence-corrected chi connectivity index (χ2v) is 4.83. The predicted molar refractivity (Wildman–Crippen MR) is 53.8 cm³/mol. The van der Waals surface area contributed by atoms with Crippen molar-refractivity contribution in [2.45, 2.75) is 50.4 Å². The summed E-state index contributed by atoms with van der Waals surface area (Å²) >= 11 is 0. The van der Waals surface area contributed by atoms with Gasteiger partial charge >= 0.3 is 0 Å². The molecule has 2 heterocycles. The summed E-state index contributed by atoms with van der Waals surface area (Å²) in [5, 5.41) is 0. The summed E-state index contributed by atoms with van der Waals surface area (Å²) in [6.45, 7) is 3.63. The molecule has 0 amide bonds. The lowest BCUT2D eigenvalue weighted by Gasteiger charge is -2.35. The van der Waals surface area contributed by atoms with Crippen LogP contribution in [-0.4, -0.2) is 18.3 Å². The maximum atomic E-state index is 6.01. The van der Waals surface area contributed by atoms with E-state index in [9.17, 15) is 0 Å². The Morgan fingerprint density at radius 3 is 2.79 bits per heavy atom. The van der Waals surface area contributed by atoms with E-state index in [1.54, 1.807) is 6.26 Å². The van der Waals surface area contributed by atoms with Crippen molar-refractivity contribution in [1.82, 2.24) is 0 Å². The van der Waals surface area contributed by atoms with Crippen LogP contribution in [0.1, 0.15) is 32.1 Å². The molecule has 5 atom stereocenters. The fourth-order valence-corrected chi connectivity index (χ4v) is 3.67. The maximum absolute atomic E-state index is 6.01. The lowest BCUT2D eigenvalue weighted by Crippen LogP contribution is -2.38. The SMILES string of the molecule is C=COC1CC2OC1C1CCCCC21. The van der Waals surface area contributed by atoms with Crippen LogP contribution in [0.4, 0.5) is 0 Å². The third kappa shape index (κ3) is 1.13. The summed E-state index contributed by atoms with van der Waals surface area (Å²) in [5.74, 6) is 1.63. The lowest BCUT2D eigenvalue weighted by atomic mass is 9.70. The van der Waals surface area contributed by atoms with Crippen molar-refractivity contribution < 1.29 is 9.47 Å². The summed E-state index contributed by atoms with van der Waals surface area (Å²) in [7, 11) is 0. The smallest absolute Gasteiger partial charge is 0.127 e. The van der Waals surface area contributed by atoms with Crippen LogP contribution in [-0.2, 0) is 9.47 Å². The van der Waals surface area contributed by atoms with E-state index in [-0.39, 0.29) is 0 Å². The van der Waals surface area contributed by atoms with E-state index < -0.39 is 0 Å². The molecule has 2 aliphatic heterocycles. The highest BCUT2D eigenvalue weighted by atomic mass is 16.6. The van der Waals surface area contributed by atoms with Crippen LogP contribution in [0.15, 0.2) is 12.8 Å². The molecule has 3 fully saturated rings. The molecule has 0 aromatic carbocycles. The van der Waals surface area contributed by atoms with Crippen molar-refractivity contribution in [3.8, 4) is 0 Å². The molecule has 78 valence electrons. The topological polar surface area (TPSA) is 18.5 Å². The van der Waals surface area contributed by atoms with Gasteiger partial charge in [0.05, 0.1) is 18.5 Å². The normalized spacial score (nSPS) is 50.1. The van der Waals surface area contributed by atoms with Gasteiger partial charge in [-0.2, -0.15) is 0 Å². The number of hydrogen-bond donors (Lipinski definition) is 0. The zero-order valence-electron chi connectivity index (χ0n) is 8.52. The van der Waals surface area contributed by atoms with Crippen molar-refractivity contribution in [2.24, 2.45) is 11.8 Å². The van der Waals surface area contributed by atoms with Crippen molar-refractivity contribution >= 4 is 0 Å². The number of fused-ring (bicyclic) bond motifs is 5. The molecular weight excluding hydrogens is 176 g/mol. The van der Waals surface area contributed by atoms with Gasteiger partial charge in [0.1, 0.15) is 6.10 Å². The molecule has 0 aromatic rings. The van der Waals surface area contributed by atoms with Gasteiger partial charge in [-0.05, 0) is 24.7 Å². The molecule has 2 saturated heterocycles. The van der Waals surface area contributed by atoms with Crippen LogP contribution in [0.25, 0.3) is 0 Å². The Labute approximate surface area is 85.3 Å². The van der Waals surface area contributed by atoms with E-state index >= 15 is 0 Å². The first-order chi connectivity index (χ1) is 6.90. The van der Waals surface area contributed by atoms with E-state index in [0.29, 0.717) is 18.3 Å². The molecule has 0 spiro atoms. The van der Waals surface area contributed by atoms with E-state index in [1.165, 1.54) is 25.7 Å². The minimum Gasteiger partial charge on any atom is -0.496 e. The largest absolute Gasteiger partial charge is 0.496 e. The highest BCUT2D eigenvalue weighted by Crippen LogP contribution is 2.50. The second-order valence-electron chi connectivity index (χ2n) is 4.83. The minimum atomic E-state index is 0.303. The van der Waals surface area contributed by atoms with Gasteiger partial charge < -0.3 is 9.47 Å². The van der Waals surface area contributed by atoms with Gasteiger partial charge in [-0.3, -0.25) is 0 Å². The lowest BCUT2D eigenvalue weighted by molar-refractivity contribution is 0.0192. The van der Waals surface area contributed by atoms with Gasteiger partial charge in [0.2, 0.25) is 0 Å². The van der Waals surface area contributed by atoms with Gasteiger partial charge in [0.25, 0.3) is 0 Å². The highest BCUT2D eigenvalue weighted by Gasteiger charge is 2.54. The van der Waals surface area contributed by atoms with Crippen LogP contribution >= 0.6 is 0 Å². The Balaban J connectivity index is 1.75. The first-order valence-electron chi connectivity index (χ1n) is 5.82. The van der Waals surface area contributed by atoms with Crippen molar-refractivity contribution in [1.29, 1.82) is 0 Å². The maximum Gasteiger partial charge on any atom is 0.127 e. The van der Waals surface area contributed by atoms with E-state index in [1.807, 2.05) is 0 Å². The summed E-state index contributed by atoms with van der Waals surface area (Å²) in [4.78, 5) is 0. The Morgan fingerprint density at radius 2 is 2.00 bits per heavy atom. The molecule has 5 unspecified atom stereocenters. The van der Waals surface area contributed by atoms with Gasteiger partial charge in [0, 0.05) is 6.42 Å². The standard InChI is InChI=1S/C12H18O2/c1-2-13-11-7-10-8-5-3-4-6-9(8)12(11)14-10/h2,8-12H,1,3-7H2. The van der Waals surface area contributed by atoms with E-state index in [0.717, 1.165) is 18.3 Å². The molecule has 2 nitrogen and oxygen atoms in total. The molecule has 3 aliphatic rings. The van der Waals surface area contributed by atoms with E-state index in [2.05, 4.69) is 6.58 Å². The van der Waals surface area contributed by atoms with Crippen LogP contribution in [0.2, 0.25) is 0 Å². The van der Waals surface area contributed by atoms with Crippen LogP contribution in [0, 0.1) is 11.8 Å². The molecule has 0 aromatic heterocycles. The highest BCUT2D eigenvalue weighted by molar-refractivity contribution is 5.03. The summed E-state index contributed by atoms with van der Waals surface area (Å²) in [5.41, 5.74) is 0. The third-order valence-corrected chi connectivity index (χ3v) is 4.21. The molecule has 2 heteroatoms. The molecule has 1 saturated carbocycles. The molecule has 1 aliphatic carbocycles. The first-order valence-corrected chi connectivity index (χ1v) is 5.82. The van der Waals surface area contributed by atoms with Crippen LogP contribution < -0.4 is 0 Å². The third-order valence-electron chi connectivity index (χ3n) is 4.21. The molecule has 2 bridgehead atoms. The predicted octanol–water partition coefficient (Wildman–Crippen LogP) is 2.49. The average molecular weight is 194 g/mol. The molecule has 0 radical (unpaired) electrons. The fourth-order valence-electron chi connectivity index (χ4n) is 3.67. The van der Waals surface area contributed by atoms with Gasteiger partial charge in [-0.1, -0.05) is 19.4 Å². The molecular formula is C12H18O2. The van der Waals surface area contributed by atoms with Crippen molar-refractivity contribution in [2.75, 3.05) is 0 Å². The first kappa shape index (κ1) is 8.78. The molecule has 14 heavy (non-hydrogen) atoms. The summed E-state index contributed by atoms with van der Waals surface area (Å²) < 4.78 is 11.5. The Morgan fingerprint density at radius 1 is 1.21 bits per heavy atom. The van der Waals surface area contributed by atoms with Gasteiger partial charge in [-0.15, -0.1) is 0 Å². The summed E-state index contributed by atoms with van der Waals surface area (Å²) in [6, 6.07) is 0.